The largest absolute Gasteiger partial charge is 0.495 e. The molecule has 9 heteroatoms. The van der Waals surface area contributed by atoms with Crippen LogP contribution >= 0.6 is 12.4 Å². The number of hydrogen-bond acceptors (Lipinski definition) is 6. The second kappa shape index (κ2) is 12.0. The second-order valence-corrected chi connectivity index (χ2v) is 7.89. The Hall–Kier alpha value is -1.84. The highest BCUT2D eigenvalue weighted by atomic mass is 35.5. The fourth-order valence-corrected chi connectivity index (χ4v) is 3.51. The molecule has 7 nitrogen and oxygen atoms in total. The van der Waals surface area contributed by atoms with E-state index in [0.717, 1.165) is 11.3 Å². The fourth-order valence-electron chi connectivity index (χ4n) is 2.76. The predicted octanol–water partition coefficient (Wildman–Crippen LogP) is 2.73. The molecule has 0 radical (unpaired) electrons. The van der Waals surface area contributed by atoms with Crippen LogP contribution in [0.25, 0.3) is 0 Å². The monoisotopic (exact) mass is 444 g/mol. The Morgan fingerprint density at radius 3 is 2.41 bits per heavy atom. The summed E-state index contributed by atoms with van der Waals surface area (Å²) in [5.41, 5.74) is 0.835. The number of primary sulfonamides is 1. The van der Waals surface area contributed by atoms with Gasteiger partial charge in [0.15, 0.2) is 0 Å². The lowest BCUT2D eigenvalue weighted by Gasteiger charge is -2.22. The summed E-state index contributed by atoms with van der Waals surface area (Å²) in [6, 6.07) is 14.5. The number of benzene rings is 2. The van der Waals surface area contributed by atoms with Gasteiger partial charge in [-0.15, -0.1) is 12.4 Å². The zero-order valence-electron chi connectivity index (χ0n) is 16.8. The Balaban J connectivity index is 0.00000420. The molecule has 0 amide bonds. The summed E-state index contributed by atoms with van der Waals surface area (Å²) < 4.78 is 40.1. The van der Waals surface area contributed by atoms with E-state index in [1.54, 1.807) is 12.1 Å². The summed E-state index contributed by atoms with van der Waals surface area (Å²) in [7, 11) is -2.45. The molecule has 0 aliphatic rings. The number of sulfonamides is 1. The van der Waals surface area contributed by atoms with Crippen molar-refractivity contribution in [3.05, 3.63) is 54.1 Å². The van der Waals surface area contributed by atoms with E-state index in [2.05, 4.69) is 5.32 Å². The van der Waals surface area contributed by atoms with E-state index in [-0.39, 0.29) is 29.1 Å². The molecule has 0 saturated carbocycles. The zero-order chi connectivity index (χ0) is 20.6. The van der Waals surface area contributed by atoms with Crippen molar-refractivity contribution in [2.45, 2.75) is 37.5 Å². The van der Waals surface area contributed by atoms with Gasteiger partial charge >= 0.3 is 0 Å². The Morgan fingerprint density at radius 2 is 1.83 bits per heavy atom. The average molecular weight is 445 g/mol. The number of nitrogens with two attached hydrogens (primary N) is 1. The highest BCUT2D eigenvalue weighted by Gasteiger charge is 2.17. The first-order chi connectivity index (χ1) is 13.3. The van der Waals surface area contributed by atoms with Gasteiger partial charge in [0.05, 0.1) is 13.7 Å². The van der Waals surface area contributed by atoms with E-state index in [9.17, 15) is 8.42 Å². The first-order valence-corrected chi connectivity index (χ1v) is 10.6. The van der Waals surface area contributed by atoms with Gasteiger partial charge in [-0.2, -0.15) is 0 Å². The quantitative estimate of drug-likeness (QED) is 0.517. The van der Waals surface area contributed by atoms with E-state index in [4.69, 9.17) is 19.3 Å². The van der Waals surface area contributed by atoms with Gasteiger partial charge in [0.2, 0.25) is 16.3 Å². The fraction of sp³-hybridized carbons (Fsp3) is 0.400. The second-order valence-electron chi connectivity index (χ2n) is 6.36. The number of ether oxygens (including phenoxy) is 3. The Bertz CT molecular complexity index is 849. The van der Waals surface area contributed by atoms with Gasteiger partial charge < -0.3 is 19.5 Å². The van der Waals surface area contributed by atoms with E-state index in [1.807, 2.05) is 50.2 Å². The molecule has 2 aromatic rings. The third kappa shape index (κ3) is 8.20. The minimum Gasteiger partial charge on any atom is -0.495 e. The van der Waals surface area contributed by atoms with Gasteiger partial charge in [-0.05, 0) is 50.1 Å². The van der Waals surface area contributed by atoms with Crippen LogP contribution in [0.15, 0.2) is 53.4 Å². The van der Waals surface area contributed by atoms with E-state index < -0.39 is 16.3 Å². The molecule has 3 N–H and O–H groups in total. The van der Waals surface area contributed by atoms with Gasteiger partial charge in [-0.3, -0.25) is 0 Å². The van der Waals surface area contributed by atoms with Crippen LogP contribution in [0.3, 0.4) is 0 Å². The molecule has 0 spiro atoms. The molecule has 0 aliphatic heterocycles. The van der Waals surface area contributed by atoms with Crippen molar-refractivity contribution in [3.8, 4) is 11.5 Å². The Morgan fingerprint density at radius 1 is 1.14 bits per heavy atom. The van der Waals surface area contributed by atoms with E-state index in [0.29, 0.717) is 19.6 Å². The number of nitrogens with one attached hydrogen (secondary N) is 1. The first-order valence-electron chi connectivity index (χ1n) is 9.10. The van der Waals surface area contributed by atoms with Crippen molar-refractivity contribution >= 4 is 22.4 Å². The summed E-state index contributed by atoms with van der Waals surface area (Å²) >= 11 is 0. The maximum Gasteiger partial charge on any atom is 0.241 e. The van der Waals surface area contributed by atoms with Crippen molar-refractivity contribution in [1.82, 2.24) is 5.32 Å². The van der Waals surface area contributed by atoms with Crippen molar-refractivity contribution in [2.75, 3.05) is 20.3 Å². The molecule has 0 aliphatic carbocycles. The Labute approximate surface area is 179 Å². The molecule has 0 fully saturated rings. The van der Waals surface area contributed by atoms with Crippen molar-refractivity contribution in [2.24, 2.45) is 5.14 Å². The summed E-state index contributed by atoms with van der Waals surface area (Å²) in [5, 5.41) is 8.64. The maximum atomic E-state index is 11.8. The molecule has 2 atom stereocenters. The molecule has 0 saturated heterocycles. The third-order valence-electron chi connectivity index (χ3n) is 4.07. The highest BCUT2D eigenvalue weighted by molar-refractivity contribution is 7.89. The number of para-hydroxylation sites is 1. The SMILES string of the molecule is CCOC(CN[C@H](C)Cc1ccc(OC)c(S(N)(=O)=O)c1)Oc1ccccc1.Cl. The summed E-state index contributed by atoms with van der Waals surface area (Å²) in [5.74, 6) is 0.975. The van der Waals surface area contributed by atoms with Crippen molar-refractivity contribution in [3.63, 3.8) is 0 Å². The van der Waals surface area contributed by atoms with Crippen LogP contribution in [0.4, 0.5) is 0 Å². The smallest absolute Gasteiger partial charge is 0.241 e. The van der Waals surface area contributed by atoms with Gasteiger partial charge in [0.25, 0.3) is 0 Å². The Kier molecular flexibility index (Phi) is 10.4. The van der Waals surface area contributed by atoms with E-state index in [1.165, 1.54) is 7.11 Å². The number of hydrogen-bond donors (Lipinski definition) is 2. The van der Waals surface area contributed by atoms with Crippen LogP contribution < -0.4 is 19.9 Å². The molecule has 0 aromatic heterocycles. The first kappa shape index (κ1) is 25.2. The standard InChI is InChI=1S/C20H28N2O5S.ClH/c1-4-26-20(27-17-8-6-5-7-9-17)14-22-15(2)12-16-10-11-18(25-3)19(13-16)28(21,23)24;/h5-11,13,15,20,22H,4,12,14H2,1-3H3,(H2,21,23,24);1H/t15-,20?;/m1./s1. The zero-order valence-corrected chi connectivity index (χ0v) is 18.5. The molecular formula is C20H29ClN2O5S. The van der Waals surface area contributed by atoms with Crippen LogP contribution in [0, 0.1) is 0 Å². The summed E-state index contributed by atoms with van der Waals surface area (Å²) in [6.07, 6.45) is 0.183. The van der Waals surface area contributed by atoms with Crippen LogP contribution in [-0.4, -0.2) is 41.0 Å². The molecule has 1 unspecified atom stereocenters. The minimum atomic E-state index is -3.86. The maximum absolute atomic E-state index is 11.8. The molecule has 0 heterocycles. The predicted molar refractivity (Wildman–Crippen MR) is 115 cm³/mol. The summed E-state index contributed by atoms with van der Waals surface area (Å²) in [6.45, 7) is 4.94. The third-order valence-corrected chi connectivity index (χ3v) is 5.00. The molecular weight excluding hydrogens is 416 g/mol. The van der Waals surface area contributed by atoms with Crippen molar-refractivity contribution < 1.29 is 22.6 Å². The number of methoxy groups -OCH3 is 1. The summed E-state index contributed by atoms with van der Waals surface area (Å²) in [4.78, 5) is -0.0145. The van der Waals surface area contributed by atoms with Gasteiger partial charge in [0.1, 0.15) is 16.4 Å². The molecule has 29 heavy (non-hydrogen) atoms. The molecule has 2 aromatic carbocycles. The average Bonchev–Trinajstić information content (AvgIpc) is 2.66. The number of rotatable bonds is 11. The van der Waals surface area contributed by atoms with Gasteiger partial charge in [0, 0.05) is 12.6 Å². The molecule has 0 bridgehead atoms. The van der Waals surface area contributed by atoms with Gasteiger partial charge in [-0.1, -0.05) is 24.3 Å². The topological polar surface area (TPSA) is 99.9 Å². The number of halogens is 1. The molecule has 2 rings (SSSR count). The lowest BCUT2D eigenvalue weighted by Crippen LogP contribution is -2.39. The molecule has 162 valence electrons. The van der Waals surface area contributed by atoms with Crippen molar-refractivity contribution in [1.29, 1.82) is 0 Å². The van der Waals surface area contributed by atoms with Crippen LogP contribution in [0.1, 0.15) is 19.4 Å². The van der Waals surface area contributed by atoms with Crippen LogP contribution in [0.5, 0.6) is 11.5 Å². The lowest BCUT2D eigenvalue weighted by atomic mass is 10.1. The van der Waals surface area contributed by atoms with Crippen LogP contribution in [0.2, 0.25) is 0 Å². The minimum absolute atomic E-state index is 0. The van der Waals surface area contributed by atoms with Gasteiger partial charge in [-0.25, -0.2) is 13.6 Å². The van der Waals surface area contributed by atoms with Crippen LogP contribution in [-0.2, 0) is 21.2 Å². The normalized spacial score (nSPS) is 13.2. The lowest BCUT2D eigenvalue weighted by molar-refractivity contribution is -0.0738. The van der Waals surface area contributed by atoms with E-state index >= 15 is 0 Å². The highest BCUT2D eigenvalue weighted by Crippen LogP contribution is 2.24.